The van der Waals surface area contributed by atoms with Crippen molar-refractivity contribution in [3.8, 4) is 0 Å². The minimum absolute atomic E-state index is 0.243. The highest BCUT2D eigenvalue weighted by atomic mass is 79.9. The molecule has 0 saturated carbocycles. The maximum atomic E-state index is 12.0. The van der Waals surface area contributed by atoms with Gasteiger partial charge in [-0.3, -0.25) is 4.79 Å². The molecule has 2 nitrogen and oxygen atoms in total. The molecule has 1 aromatic carbocycles. The number of piperidine rings is 1. The predicted molar refractivity (Wildman–Crippen MR) is 68.7 cm³/mol. The van der Waals surface area contributed by atoms with Crippen LogP contribution in [0.4, 0.5) is 0 Å². The van der Waals surface area contributed by atoms with Gasteiger partial charge in [-0.1, -0.05) is 34.5 Å². The Bertz CT molecular complexity index is 355. The summed E-state index contributed by atoms with van der Waals surface area (Å²) in [4.78, 5) is 12.0. The highest BCUT2D eigenvalue weighted by Gasteiger charge is 2.17. The Kier molecular flexibility index (Phi) is 4.13. The van der Waals surface area contributed by atoms with Crippen LogP contribution in [0.3, 0.4) is 0 Å². The smallest absolute Gasteiger partial charge is 0.164 e. The molecule has 0 amide bonds. The summed E-state index contributed by atoms with van der Waals surface area (Å²) in [7, 11) is 0. The molecular formula is C13H16BrNO. The molecule has 3 heteroatoms. The standard InChI is InChI=1S/C13H16BrNO/c14-11-6-4-10(5-7-11)13(16)9-12-3-1-2-8-15-12/h4-7,12,15H,1-3,8-9H2. The highest BCUT2D eigenvalue weighted by Crippen LogP contribution is 2.15. The van der Waals surface area contributed by atoms with Gasteiger partial charge in [-0.15, -0.1) is 0 Å². The molecule has 0 aromatic heterocycles. The molecule has 1 fully saturated rings. The highest BCUT2D eigenvalue weighted by molar-refractivity contribution is 9.10. The van der Waals surface area contributed by atoms with Crippen LogP contribution in [-0.2, 0) is 0 Å². The molecule has 0 aliphatic carbocycles. The number of nitrogens with one attached hydrogen (secondary N) is 1. The molecule has 2 rings (SSSR count). The van der Waals surface area contributed by atoms with Crippen LogP contribution in [0.5, 0.6) is 0 Å². The van der Waals surface area contributed by atoms with Gasteiger partial charge in [-0.25, -0.2) is 0 Å². The summed E-state index contributed by atoms with van der Waals surface area (Å²) in [5.74, 6) is 0.243. The monoisotopic (exact) mass is 281 g/mol. The fraction of sp³-hybridized carbons (Fsp3) is 0.462. The normalized spacial score (nSPS) is 20.7. The molecule has 1 aliphatic heterocycles. The van der Waals surface area contributed by atoms with Gasteiger partial charge in [-0.05, 0) is 31.5 Å². The first-order valence-electron chi connectivity index (χ1n) is 5.78. The lowest BCUT2D eigenvalue weighted by Crippen LogP contribution is -2.35. The molecule has 1 saturated heterocycles. The summed E-state index contributed by atoms with van der Waals surface area (Å²) in [6.07, 6.45) is 4.23. The van der Waals surface area contributed by atoms with Gasteiger partial charge in [0, 0.05) is 22.5 Å². The van der Waals surface area contributed by atoms with Gasteiger partial charge in [0.15, 0.2) is 5.78 Å². The van der Waals surface area contributed by atoms with Crippen LogP contribution >= 0.6 is 15.9 Å². The lowest BCUT2D eigenvalue weighted by Gasteiger charge is -2.22. The van der Waals surface area contributed by atoms with Crippen molar-refractivity contribution in [1.29, 1.82) is 0 Å². The molecule has 1 N–H and O–H groups in total. The number of halogens is 1. The van der Waals surface area contributed by atoms with Crippen LogP contribution < -0.4 is 5.32 Å². The topological polar surface area (TPSA) is 29.1 Å². The molecule has 1 aliphatic rings. The molecule has 0 bridgehead atoms. The zero-order valence-electron chi connectivity index (χ0n) is 9.21. The fourth-order valence-electron chi connectivity index (χ4n) is 2.08. The second-order valence-electron chi connectivity index (χ2n) is 4.28. The lowest BCUT2D eigenvalue weighted by molar-refractivity contribution is 0.0963. The summed E-state index contributed by atoms with van der Waals surface area (Å²) in [6.45, 7) is 1.05. The Morgan fingerprint density at radius 3 is 2.69 bits per heavy atom. The van der Waals surface area contributed by atoms with Crippen molar-refractivity contribution in [1.82, 2.24) is 5.32 Å². The largest absolute Gasteiger partial charge is 0.314 e. The van der Waals surface area contributed by atoms with Gasteiger partial charge in [-0.2, -0.15) is 0 Å². The minimum Gasteiger partial charge on any atom is -0.314 e. The van der Waals surface area contributed by atoms with Crippen molar-refractivity contribution in [2.75, 3.05) is 6.54 Å². The molecule has 1 aromatic rings. The van der Waals surface area contributed by atoms with Crippen LogP contribution in [-0.4, -0.2) is 18.4 Å². The number of ketones is 1. The van der Waals surface area contributed by atoms with Crippen molar-refractivity contribution in [3.63, 3.8) is 0 Å². The maximum Gasteiger partial charge on any atom is 0.164 e. The third-order valence-electron chi connectivity index (χ3n) is 3.01. The van der Waals surface area contributed by atoms with E-state index in [1.807, 2.05) is 24.3 Å². The van der Waals surface area contributed by atoms with Gasteiger partial charge < -0.3 is 5.32 Å². The Balaban J connectivity index is 1.94. The number of rotatable bonds is 3. The predicted octanol–water partition coefficient (Wildman–Crippen LogP) is 3.16. The number of hydrogen-bond donors (Lipinski definition) is 1. The second-order valence-corrected chi connectivity index (χ2v) is 5.20. The van der Waals surface area contributed by atoms with E-state index >= 15 is 0 Å². The average molecular weight is 282 g/mol. The van der Waals surface area contributed by atoms with E-state index in [4.69, 9.17) is 0 Å². The van der Waals surface area contributed by atoms with Crippen LogP contribution in [0.15, 0.2) is 28.7 Å². The van der Waals surface area contributed by atoms with E-state index in [-0.39, 0.29) is 5.78 Å². The van der Waals surface area contributed by atoms with Gasteiger partial charge in [0.1, 0.15) is 0 Å². The summed E-state index contributed by atoms with van der Waals surface area (Å²) >= 11 is 3.37. The SMILES string of the molecule is O=C(CC1CCCCN1)c1ccc(Br)cc1. The molecule has 1 unspecified atom stereocenters. The number of hydrogen-bond acceptors (Lipinski definition) is 2. The maximum absolute atomic E-state index is 12.0. The summed E-state index contributed by atoms with van der Waals surface area (Å²) in [5.41, 5.74) is 0.815. The minimum atomic E-state index is 0.243. The van der Waals surface area contributed by atoms with E-state index in [9.17, 15) is 4.79 Å². The Morgan fingerprint density at radius 2 is 2.06 bits per heavy atom. The number of carbonyl (C=O) groups is 1. The molecular weight excluding hydrogens is 266 g/mol. The van der Waals surface area contributed by atoms with E-state index in [1.165, 1.54) is 12.8 Å². The lowest BCUT2D eigenvalue weighted by atomic mass is 9.97. The first-order chi connectivity index (χ1) is 7.75. The zero-order valence-corrected chi connectivity index (χ0v) is 10.8. The first kappa shape index (κ1) is 11.8. The van der Waals surface area contributed by atoms with Crippen LogP contribution in [0.1, 0.15) is 36.0 Å². The summed E-state index contributed by atoms with van der Waals surface area (Å²) in [5, 5.41) is 3.40. The van der Waals surface area contributed by atoms with E-state index in [2.05, 4.69) is 21.2 Å². The summed E-state index contributed by atoms with van der Waals surface area (Å²) in [6, 6.07) is 7.98. The van der Waals surface area contributed by atoms with E-state index in [1.54, 1.807) is 0 Å². The van der Waals surface area contributed by atoms with Crippen LogP contribution in [0, 0.1) is 0 Å². The van der Waals surface area contributed by atoms with Crippen molar-refractivity contribution >= 4 is 21.7 Å². The zero-order chi connectivity index (χ0) is 11.4. The molecule has 1 atom stereocenters. The number of benzene rings is 1. The van der Waals surface area contributed by atoms with Gasteiger partial charge in [0.2, 0.25) is 0 Å². The van der Waals surface area contributed by atoms with E-state index in [0.29, 0.717) is 12.5 Å². The Morgan fingerprint density at radius 1 is 1.31 bits per heavy atom. The fourth-order valence-corrected chi connectivity index (χ4v) is 2.34. The molecule has 0 radical (unpaired) electrons. The quantitative estimate of drug-likeness (QED) is 0.863. The molecule has 16 heavy (non-hydrogen) atoms. The average Bonchev–Trinajstić information content (AvgIpc) is 2.31. The third-order valence-corrected chi connectivity index (χ3v) is 3.54. The van der Waals surface area contributed by atoms with Crippen molar-refractivity contribution in [2.45, 2.75) is 31.7 Å². The van der Waals surface area contributed by atoms with Crippen molar-refractivity contribution < 1.29 is 4.79 Å². The first-order valence-corrected chi connectivity index (χ1v) is 6.57. The van der Waals surface area contributed by atoms with Gasteiger partial charge in [0.05, 0.1) is 0 Å². The molecule has 1 heterocycles. The Hall–Kier alpha value is -0.670. The third kappa shape index (κ3) is 3.16. The van der Waals surface area contributed by atoms with E-state index in [0.717, 1.165) is 23.0 Å². The number of carbonyl (C=O) groups excluding carboxylic acids is 1. The molecule has 0 spiro atoms. The van der Waals surface area contributed by atoms with Gasteiger partial charge >= 0.3 is 0 Å². The van der Waals surface area contributed by atoms with Crippen LogP contribution in [0.25, 0.3) is 0 Å². The van der Waals surface area contributed by atoms with Crippen LogP contribution in [0.2, 0.25) is 0 Å². The van der Waals surface area contributed by atoms with E-state index < -0.39 is 0 Å². The Labute approximate surface area is 105 Å². The summed E-state index contributed by atoms with van der Waals surface area (Å²) < 4.78 is 1.01. The van der Waals surface area contributed by atoms with Crippen molar-refractivity contribution in [3.05, 3.63) is 34.3 Å². The number of Topliss-reactive ketones (excluding diaryl/α,β-unsaturated/α-hetero) is 1. The second kappa shape index (κ2) is 5.60. The molecule has 86 valence electrons. The van der Waals surface area contributed by atoms with Crippen molar-refractivity contribution in [2.24, 2.45) is 0 Å². The van der Waals surface area contributed by atoms with Gasteiger partial charge in [0.25, 0.3) is 0 Å².